The van der Waals surface area contributed by atoms with E-state index in [-0.39, 0.29) is 5.91 Å². The lowest BCUT2D eigenvalue weighted by Gasteiger charge is -2.32. The first-order chi connectivity index (χ1) is 14.0. The van der Waals surface area contributed by atoms with Gasteiger partial charge in [0.1, 0.15) is 9.71 Å². The zero-order chi connectivity index (χ0) is 20.1. The van der Waals surface area contributed by atoms with Gasteiger partial charge in [-0.15, -0.1) is 22.7 Å². The van der Waals surface area contributed by atoms with Crippen molar-refractivity contribution in [3.63, 3.8) is 0 Å². The molecule has 1 amide bonds. The van der Waals surface area contributed by atoms with Crippen molar-refractivity contribution in [3.8, 4) is 10.4 Å². The predicted octanol–water partition coefficient (Wildman–Crippen LogP) is 2.98. The molecule has 6 nitrogen and oxygen atoms in total. The van der Waals surface area contributed by atoms with Gasteiger partial charge in [-0.1, -0.05) is 6.07 Å². The highest BCUT2D eigenvalue weighted by atomic mass is 32.1. The standard InChI is InChI=1S/C21H25N5OS2/c1-24-7-9-26(10-8-24)21(27)19-18(22)17-16(15-4-3-11-28-15)13-12-25(2)6-5-14(13)23-20(17)29-19/h3-4,11H,5-10,12,22H2,1-2H3. The molecular formula is C21H25N5OS2. The normalized spacial score (nSPS) is 18.3. The van der Waals surface area contributed by atoms with Crippen LogP contribution >= 0.6 is 22.7 Å². The summed E-state index contributed by atoms with van der Waals surface area (Å²) in [4.78, 5) is 27.5. The van der Waals surface area contributed by atoms with Gasteiger partial charge in [0, 0.05) is 67.2 Å². The molecule has 0 aromatic carbocycles. The van der Waals surface area contributed by atoms with Crippen molar-refractivity contribution in [1.29, 1.82) is 0 Å². The number of carbonyl (C=O) groups is 1. The molecule has 0 spiro atoms. The van der Waals surface area contributed by atoms with Crippen molar-refractivity contribution in [3.05, 3.63) is 33.6 Å². The van der Waals surface area contributed by atoms with Crippen LogP contribution < -0.4 is 5.73 Å². The quantitative estimate of drug-likeness (QED) is 0.681. The fraction of sp³-hybridized carbons (Fsp3) is 0.429. The Morgan fingerprint density at radius 3 is 2.66 bits per heavy atom. The zero-order valence-electron chi connectivity index (χ0n) is 16.8. The fourth-order valence-corrected chi connectivity index (χ4v) is 6.16. The summed E-state index contributed by atoms with van der Waals surface area (Å²) in [6, 6.07) is 4.22. The van der Waals surface area contributed by atoms with Crippen LogP contribution in [0.3, 0.4) is 0 Å². The third kappa shape index (κ3) is 3.24. The molecule has 5 rings (SSSR count). The SMILES string of the molecule is CN1CCN(C(=O)c2sc3nc4c(c(-c5cccs5)c3c2N)CN(C)CC4)CC1. The van der Waals surface area contributed by atoms with Gasteiger partial charge in [0.15, 0.2) is 0 Å². The number of rotatable bonds is 2. The van der Waals surface area contributed by atoms with Crippen molar-refractivity contribution >= 4 is 44.5 Å². The Morgan fingerprint density at radius 2 is 1.93 bits per heavy atom. The molecule has 152 valence electrons. The second-order valence-corrected chi connectivity index (χ2v) is 9.94. The monoisotopic (exact) mass is 427 g/mol. The van der Waals surface area contributed by atoms with Crippen LogP contribution in [0.4, 0.5) is 5.69 Å². The molecular weight excluding hydrogens is 402 g/mol. The van der Waals surface area contributed by atoms with Gasteiger partial charge in [-0.25, -0.2) is 4.98 Å². The largest absolute Gasteiger partial charge is 0.397 e. The number of hydrogen-bond donors (Lipinski definition) is 1. The number of thiophene rings is 2. The predicted molar refractivity (Wildman–Crippen MR) is 121 cm³/mol. The van der Waals surface area contributed by atoms with E-state index in [0.717, 1.165) is 61.6 Å². The van der Waals surface area contributed by atoms with Gasteiger partial charge in [0.2, 0.25) is 0 Å². The Bertz CT molecular complexity index is 1070. The average molecular weight is 428 g/mol. The van der Waals surface area contributed by atoms with Crippen molar-refractivity contribution in [1.82, 2.24) is 19.7 Å². The van der Waals surface area contributed by atoms with Crippen LogP contribution in [0, 0.1) is 0 Å². The molecule has 1 fully saturated rings. The number of anilines is 1. The van der Waals surface area contributed by atoms with E-state index in [1.54, 1.807) is 11.3 Å². The molecule has 5 heterocycles. The van der Waals surface area contributed by atoms with Gasteiger partial charge in [-0.3, -0.25) is 4.79 Å². The lowest BCUT2D eigenvalue weighted by molar-refractivity contribution is 0.0670. The second kappa shape index (κ2) is 7.36. The number of fused-ring (bicyclic) bond motifs is 2. The van der Waals surface area contributed by atoms with Crippen LogP contribution in [0.15, 0.2) is 17.5 Å². The van der Waals surface area contributed by atoms with Crippen molar-refractivity contribution in [2.24, 2.45) is 0 Å². The number of likely N-dealkylation sites (N-methyl/N-ethyl adjacent to an activating group) is 2. The molecule has 0 bridgehead atoms. The first-order valence-electron chi connectivity index (χ1n) is 9.97. The summed E-state index contributed by atoms with van der Waals surface area (Å²) in [6.45, 7) is 5.16. The second-order valence-electron chi connectivity index (χ2n) is 8.00. The maximum atomic E-state index is 13.3. The van der Waals surface area contributed by atoms with Crippen LogP contribution in [0.1, 0.15) is 20.9 Å². The maximum Gasteiger partial charge on any atom is 0.266 e. The number of hydrogen-bond acceptors (Lipinski definition) is 7. The van der Waals surface area contributed by atoms with Crippen LogP contribution in [0.2, 0.25) is 0 Å². The van der Waals surface area contributed by atoms with Gasteiger partial charge in [0.25, 0.3) is 5.91 Å². The van der Waals surface area contributed by atoms with Crippen molar-refractivity contribution in [2.75, 3.05) is 52.6 Å². The number of nitrogen functional groups attached to an aromatic ring is 1. The zero-order valence-corrected chi connectivity index (χ0v) is 18.4. The minimum Gasteiger partial charge on any atom is -0.397 e. The molecule has 2 aliphatic heterocycles. The third-order valence-corrected chi connectivity index (χ3v) is 7.95. The van der Waals surface area contributed by atoms with Gasteiger partial charge in [-0.05, 0) is 31.1 Å². The highest BCUT2D eigenvalue weighted by Crippen LogP contribution is 2.44. The number of nitrogens with two attached hydrogens (primary N) is 1. The summed E-state index contributed by atoms with van der Waals surface area (Å²) in [5, 5.41) is 3.06. The fourth-order valence-electron chi connectivity index (χ4n) is 4.26. The van der Waals surface area contributed by atoms with E-state index in [1.165, 1.54) is 27.3 Å². The molecule has 2 N–H and O–H groups in total. The molecule has 0 saturated carbocycles. The van der Waals surface area contributed by atoms with Gasteiger partial charge in [0.05, 0.1) is 5.69 Å². The highest BCUT2D eigenvalue weighted by molar-refractivity contribution is 7.21. The van der Waals surface area contributed by atoms with Crippen LogP contribution in [0.5, 0.6) is 0 Å². The molecule has 0 radical (unpaired) electrons. The summed E-state index contributed by atoms with van der Waals surface area (Å²) < 4.78 is 0. The van der Waals surface area contributed by atoms with Crippen molar-refractivity contribution < 1.29 is 4.79 Å². The Morgan fingerprint density at radius 1 is 1.14 bits per heavy atom. The Labute approximate surface area is 178 Å². The Balaban J connectivity index is 1.67. The van der Waals surface area contributed by atoms with E-state index in [2.05, 4.69) is 41.4 Å². The van der Waals surface area contributed by atoms with E-state index in [0.29, 0.717) is 10.6 Å². The van der Waals surface area contributed by atoms with Gasteiger partial charge >= 0.3 is 0 Å². The van der Waals surface area contributed by atoms with Crippen LogP contribution in [0.25, 0.3) is 20.7 Å². The molecule has 3 aromatic heterocycles. The minimum atomic E-state index is 0.0471. The molecule has 0 aliphatic carbocycles. The van der Waals surface area contributed by atoms with E-state index in [1.807, 2.05) is 4.90 Å². The Kier molecular flexibility index (Phi) is 4.82. The molecule has 0 unspecified atom stereocenters. The van der Waals surface area contributed by atoms with Crippen LogP contribution in [-0.2, 0) is 13.0 Å². The topological polar surface area (TPSA) is 65.7 Å². The lowest BCUT2D eigenvalue weighted by atomic mass is 9.96. The van der Waals surface area contributed by atoms with E-state index < -0.39 is 0 Å². The van der Waals surface area contributed by atoms with E-state index in [4.69, 9.17) is 10.7 Å². The van der Waals surface area contributed by atoms with Gasteiger partial charge in [-0.2, -0.15) is 0 Å². The maximum absolute atomic E-state index is 13.3. The summed E-state index contributed by atoms with van der Waals surface area (Å²) in [5.74, 6) is 0.0471. The minimum absolute atomic E-state index is 0.0471. The number of amides is 1. The average Bonchev–Trinajstić information content (AvgIpc) is 3.35. The smallest absolute Gasteiger partial charge is 0.266 e. The molecule has 3 aromatic rings. The lowest BCUT2D eigenvalue weighted by Crippen LogP contribution is -2.47. The van der Waals surface area contributed by atoms with Crippen LogP contribution in [-0.4, -0.2) is 72.4 Å². The number of aromatic nitrogens is 1. The number of nitrogens with zero attached hydrogens (tertiary/aromatic N) is 4. The number of pyridine rings is 1. The summed E-state index contributed by atoms with van der Waals surface area (Å²) in [5.41, 5.74) is 10.8. The number of carbonyl (C=O) groups excluding carboxylic acids is 1. The summed E-state index contributed by atoms with van der Waals surface area (Å²) in [6.07, 6.45) is 0.930. The molecule has 8 heteroatoms. The first-order valence-corrected chi connectivity index (χ1v) is 11.7. The Hall–Kier alpha value is -2.00. The molecule has 29 heavy (non-hydrogen) atoms. The van der Waals surface area contributed by atoms with E-state index in [9.17, 15) is 4.79 Å². The molecule has 1 saturated heterocycles. The third-order valence-electron chi connectivity index (χ3n) is 5.97. The molecule has 2 aliphatic rings. The highest BCUT2D eigenvalue weighted by Gasteiger charge is 2.29. The molecule has 0 atom stereocenters. The van der Waals surface area contributed by atoms with Crippen molar-refractivity contribution in [2.45, 2.75) is 13.0 Å². The first kappa shape index (κ1) is 19.0. The number of piperazine rings is 1. The van der Waals surface area contributed by atoms with Gasteiger partial charge < -0.3 is 20.4 Å². The summed E-state index contributed by atoms with van der Waals surface area (Å²) >= 11 is 3.18. The summed E-state index contributed by atoms with van der Waals surface area (Å²) in [7, 11) is 4.24. The van der Waals surface area contributed by atoms with E-state index >= 15 is 0 Å².